The molecule has 8 heteroatoms. The number of anilines is 1. The number of rotatable bonds is 7. The van der Waals surface area contributed by atoms with Crippen molar-refractivity contribution in [3.63, 3.8) is 0 Å². The Morgan fingerprint density at radius 2 is 1.70 bits per heavy atom. The van der Waals surface area contributed by atoms with Gasteiger partial charge in [0.05, 0.1) is 11.4 Å². The van der Waals surface area contributed by atoms with Crippen molar-refractivity contribution in [2.75, 3.05) is 11.9 Å². The van der Waals surface area contributed by atoms with Gasteiger partial charge < -0.3 is 5.32 Å². The number of aryl methyl sites for hydroxylation is 1. The van der Waals surface area contributed by atoms with Crippen LogP contribution in [0.25, 0.3) is 0 Å². The van der Waals surface area contributed by atoms with E-state index in [0.717, 1.165) is 19.9 Å². The molecule has 0 saturated carbocycles. The predicted octanol–water partition coefficient (Wildman–Crippen LogP) is 5.24. The molecule has 0 heterocycles. The summed E-state index contributed by atoms with van der Waals surface area (Å²) in [4.78, 5) is 12.8. The van der Waals surface area contributed by atoms with Crippen molar-refractivity contribution in [3.8, 4) is 0 Å². The standard InChI is InChI=1S/C22H20BrClN2O3S/c1-16-7-12-19(13-21(16)24)25-22(27)15-26(14-17-8-10-18(23)11-9-17)30(28,29)20-5-3-2-4-6-20/h2-13H,14-15H2,1H3,(H,25,27). The highest BCUT2D eigenvalue weighted by Crippen LogP contribution is 2.22. The molecule has 0 saturated heterocycles. The van der Waals surface area contributed by atoms with Gasteiger partial charge in [-0.2, -0.15) is 4.31 Å². The largest absolute Gasteiger partial charge is 0.325 e. The Kier molecular flexibility index (Phi) is 7.31. The van der Waals surface area contributed by atoms with E-state index in [2.05, 4.69) is 21.2 Å². The van der Waals surface area contributed by atoms with Gasteiger partial charge in [-0.25, -0.2) is 8.42 Å². The van der Waals surface area contributed by atoms with Crippen molar-refractivity contribution in [2.24, 2.45) is 0 Å². The maximum atomic E-state index is 13.2. The molecule has 0 bridgehead atoms. The van der Waals surface area contributed by atoms with Crippen LogP contribution in [0.15, 0.2) is 82.2 Å². The number of nitrogens with one attached hydrogen (secondary N) is 1. The summed E-state index contributed by atoms with van der Waals surface area (Å²) < 4.78 is 28.5. The van der Waals surface area contributed by atoms with Gasteiger partial charge in [-0.3, -0.25) is 4.79 Å². The highest BCUT2D eigenvalue weighted by molar-refractivity contribution is 9.10. The molecule has 0 atom stereocenters. The molecule has 0 aliphatic carbocycles. The van der Waals surface area contributed by atoms with Crippen molar-refractivity contribution in [2.45, 2.75) is 18.4 Å². The van der Waals surface area contributed by atoms with E-state index in [0.29, 0.717) is 10.7 Å². The van der Waals surface area contributed by atoms with E-state index in [9.17, 15) is 13.2 Å². The molecule has 3 aromatic rings. The van der Waals surface area contributed by atoms with Crippen LogP contribution in [0.5, 0.6) is 0 Å². The molecule has 5 nitrogen and oxygen atoms in total. The lowest BCUT2D eigenvalue weighted by atomic mass is 10.2. The van der Waals surface area contributed by atoms with Crippen molar-refractivity contribution >= 4 is 49.1 Å². The molecule has 0 fully saturated rings. The van der Waals surface area contributed by atoms with Crippen LogP contribution in [0.1, 0.15) is 11.1 Å². The number of benzene rings is 3. The Morgan fingerprint density at radius 1 is 1.03 bits per heavy atom. The summed E-state index contributed by atoms with van der Waals surface area (Å²) in [5.74, 6) is -0.452. The van der Waals surface area contributed by atoms with Crippen LogP contribution in [-0.2, 0) is 21.4 Å². The first-order valence-electron chi connectivity index (χ1n) is 9.11. The van der Waals surface area contributed by atoms with Crippen LogP contribution in [-0.4, -0.2) is 25.2 Å². The zero-order valence-electron chi connectivity index (χ0n) is 16.2. The van der Waals surface area contributed by atoms with Gasteiger partial charge in [0.1, 0.15) is 0 Å². The quantitative estimate of drug-likeness (QED) is 0.475. The molecule has 0 radical (unpaired) electrons. The van der Waals surface area contributed by atoms with Gasteiger partial charge in [0, 0.05) is 21.7 Å². The third-order valence-electron chi connectivity index (χ3n) is 4.43. The average Bonchev–Trinajstić information content (AvgIpc) is 2.72. The lowest BCUT2D eigenvalue weighted by Gasteiger charge is -2.22. The molecule has 156 valence electrons. The van der Waals surface area contributed by atoms with E-state index in [1.54, 1.807) is 36.4 Å². The van der Waals surface area contributed by atoms with Crippen molar-refractivity contribution in [1.29, 1.82) is 0 Å². The van der Waals surface area contributed by atoms with Crippen LogP contribution in [0, 0.1) is 6.92 Å². The van der Waals surface area contributed by atoms with Gasteiger partial charge in [0.15, 0.2) is 0 Å². The first-order chi connectivity index (χ1) is 14.3. The minimum Gasteiger partial charge on any atom is -0.325 e. The van der Waals surface area contributed by atoms with E-state index in [4.69, 9.17) is 11.6 Å². The minimum absolute atomic E-state index is 0.0621. The molecule has 0 aromatic heterocycles. The third kappa shape index (κ3) is 5.70. The maximum Gasteiger partial charge on any atom is 0.243 e. The Morgan fingerprint density at radius 3 is 2.33 bits per heavy atom. The maximum absolute atomic E-state index is 13.2. The van der Waals surface area contributed by atoms with E-state index in [-0.39, 0.29) is 18.0 Å². The number of amides is 1. The van der Waals surface area contributed by atoms with Crippen molar-refractivity contribution < 1.29 is 13.2 Å². The normalized spacial score (nSPS) is 11.5. The zero-order valence-corrected chi connectivity index (χ0v) is 19.3. The highest BCUT2D eigenvalue weighted by atomic mass is 79.9. The minimum atomic E-state index is -3.88. The summed E-state index contributed by atoms with van der Waals surface area (Å²) in [5.41, 5.74) is 2.17. The molecule has 0 aliphatic heterocycles. The van der Waals surface area contributed by atoms with Gasteiger partial charge in [-0.15, -0.1) is 0 Å². The summed E-state index contributed by atoms with van der Waals surface area (Å²) in [6.07, 6.45) is 0. The molecule has 3 aromatic carbocycles. The molecular formula is C22H20BrClN2O3S. The average molecular weight is 508 g/mol. The second kappa shape index (κ2) is 9.75. The van der Waals surface area contributed by atoms with Gasteiger partial charge in [0.2, 0.25) is 15.9 Å². The number of halogens is 2. The molecule has 0 unspecified atom stereocenters. The van der Waals surface area contributed by atoms with Crippen LogP contribution in [0.2, 0.25) is 5.02 Å². The molecule has 30 heavy (non-hydrogen) atoms. The van der Waals surface area contributed by atoms with Crippen LogP contribution >= 0.6 is 27.5 Å². The molecule has 0 spiro atoms. The van der Waals surface area contributed by atoms with Gasteiger partial charge in [-0.1, -0.05) is 63.9 Å². The Hall–Kier alpha value is -2.19. The number of carbonyl (C=O) groups is 1. The number of carbonyl (C=O) groups excluding carboxylic acids is 1. The fraction of sp³-hybridized carbons (Fsp3) is 0.136. The van der Waals surface area contributed by atoms with Crippen LogP contribution in [0.4, 0.5) is 5.69 Å². The third-order valence-corrected chi connectivity index (χ3v) is 7.17. The van der Waals surface area contributed by atoms with E-state index >= 15 is 0 Å². The van der Waals surface area contributed by atoms with Crippen molar-refractivity contribution in [3.05, 3.63) is 93.4 Å². The number of sulfonamides is 1. The summed E-state index contributed by atoms with van der Waals surface area (Å²) >= 11 is 9.48. The number of hydrogen-bond donors (Lipinski definition) is 1. The van der Waals surface area contributed by atoms with Crippen LogP contribution in [0.3, 0.4) is 0 Å². The van der Waals surface area contributed by atoms with E-state index in [1.165, 1.54) is 12.1 Å². The topological polar surface area (TPSA) is 66.5 Å². The van der Waals surface area contributed by atoms with E-state index in [1.807, 2.05) is 31.2 Å². The summed E-state index contributed by atoms with van der Waals surface area (Å²) in [7, 11) is -3.88. The van der Waals surface area contributed by atoms with E-state index < -0.39 is 15.9 Å². The van der Waals surface area contributed by atoms with Crippen LogP contribution < -0.4 is 5.32 Å². The smallest absolute Gasteiger partial charge is 0.243 e. The summed E-state index contributed by atoms with van der Waals surface area (Å²) in [6, 6.07) is 20.5. The first kappa shape index (κ1) is 22.5. The van der Waals surface area contributed by atoms with Gasteiger partial charge >= 0.3 is 0 Å². The lowest BCUT2D eigenvalue weighted by Crippen LogP contribution is -2.37. The predicted molar refractivity (Wildman–Crippen MR) is 123 cm³/mol. The van der Waals surface area contributed by atoms with Crippen molar-refractivity contribution in [1.82, 2.24) is 4.31 Å². The number of hydrogen-bond acceptors (Lipinski definition) is 3. The monoisotopic (exact) mass is 506 g/mol. The molecule has 3 rings (SSSR count). The second-order valence-corrected chi connectivity index (χ2v) is 9.99. The molecule has 0 aliphatic rings. The SMILES string of the molecule is Cc1ccc(NC(=O)CN(Cc2ccc(Br)cc2)S(=O)(=O)c2ccccc2)cc1Cl. The zero-order chi connectivity index (χ0) is 21.7. The molecule has 1 amide bonds. The fourth-order valence-electron chi connectivity index (χ4n) is 2.79. The number of nitrogens with zero attached hydrogens (tertiary/aromatic N) is 1. The summed E-state index contributed by atoms with van der Waals surface area (Å²) in [6.45, 7) is 1.59. The lowest BCUT2D eigenvalue weighted by molar-refractivity contribution is -0.116. The Balaban J connectivity index is 1.85. The fourth-order valence-corrected chi connectivity index (χ4v) is 4.64. The van der Waals surface area contributed by atoms with Gasteiger partial charge in [-0.05, 0) is 54.4 Å². The Bertz CT molecular complexity index is 1140. The highest BCUT2D eigenvalue weighted by Gasteiger charge is 2.27. The Labute approximate surface area is 189 Å². The summed E-state index contributed by atoms with van der Waals surface area (Å²) in [5, 5.41) is 3.25. The second-order valence-electron chi connectivity index (χ2n) is 6.72. The first-order valence-corrected chi connectivity index (χ1v) is 11.7. The molecule has 1 N–H and O–H groups in total. The van der Waals surface area contributed by atoms with Gasteiger partial charge in [0.25, 0.3) is 0 Å². The molecular weight excluding hydrogens is 488 g/mol.